The summed E-state index contributed by atoms with van der Waals surface area (Å²) in [6.45, 7) is 5.90. The first kappa shape index (κ1) is 14.8. The summed E-state index contributed by atoms with van der Waals surface area (Å²) in [7, 11) is 1.60. The van der Waals surface area contributed by atoms with Gasteiger partial charge in [0.25, 0.3) is 0 Å². The fourth-order valence-corrected chi connectivity index (χ4v) is 2.56. The molecule has 0 saturated carbocycles. The maximum Gasteiger partial charge on any atom is 0.197 e. The molecule has 0 amide bonds. The zero-order valence-corrected chi connectivity index (χ0v) is 13.7. The van der Waals surface area contributed by atoms with E-state index in [2.05, 4.69) is 15.9 Å². The van der Waals surface area contributed by atoms with Gasteiger partial charge in [0.1, 0.15) is 5.75 Å². The maximum absolute atomic E-state index is 12.7. The lowest BCUT2D eigenvalue weighted by atomic mass is 9.95. The molecule has 0 aromatic heterocycles. The minimum Gasteiger partial charge on any atom is -0.496 e. The first-order chi connectivity index (χ1) is 9.43. The van der Waals surface area contributed by atoms with Crippen molar-refractivity contribution in [3.63, 3.8) is 0 Å². The van der Waals surface area contributed by atoms with Crippen molar-refractivity contribution in [2.24, 2.45) is 0 Å². The van der Waals surface area contributed by atoms with Gasteiger partial charge in [-0.2, -0.15) is 0 Å². The Morgan fingerprint density at radius 2 is 1.75 bits per heavy atom. The Balaban J connectivity index is 2.55. The van der Waals surface area contributed by atoms with Crippen LogP contribution in [0.1, 0.15) is 32.6 Å². The molecule has 104 valence electrons. The van der Waals surface area contributed by atoms with E-state index in [0.717, 1.165) is 21.2 Å². The number of hydrogen-bond acceptors (Lipinski definition) is 2. The third-order valence-electron chi connectivity index (χ3n) is 3.31. The van der Waals surface area contributed by atoms with Crippen LogP contribution in [-0.2, 0) is 0 Å². The molecule has 0 bridgehead atoms. The van der Waals surface area contributed by atoms with Gasteiger partial charge in [0.05, 0.1) is 12.7 Å². The lowest BCUT2D eigenvalue weighted by Gasteiger charge is -2.12. The first-order valence-corrected chi connectivity index (χ1v) is 7.19. The molecule has 0 aliphatic rings. The van der Waals surface area contributed by atoms with E-state index in [9.17, 15) is 4.79 Å². The van der Waals surface area contributed by atoms with Gasteiger partial charge >= 0.3 is 0 Å². The number of aryl methyl sites for hydroxylation is 3. The molecule has 2 aromatic rings. The molecule has 2 aromatic carbocycles. The predicted octanol–water partition coefficient (Wildman–Crippen LogP) is 4.61. The average Bonchev–Trinajstić information content (AvgIpc) is 2.40. The van der Waals surface area contributed by atoms with Crippen LogP contribution in [0.3, 0.4) is 0 Å². The second kappa shape index (κ2) is 5.80. The molecule has 0 unspecified atom stereocenters. The summed E-state index contributed by atoms with van der Waals surface area (Å²) in [6.07, 6.45) is 0. The van der Waals surface area contributed by atoms with Crippen LogP contribution < -0.4 is 4.74 Å². The van der Waals surface area contributed by atoms with Crippen molar-refractivity contribution >= 4 is 21.7 Å². The van der Waals surface area contributed by atoms with Crippen LogP contribution in [0.15, 0.2) is 34.8 Å². The first-order valence-electron chi connectivity index (χ1n) is 6.40. The van der Waals surface area contributed by atoms with Gasteiger partial charge in [-0.05, 0) is 61.7 Å². The summed E-state index contributed by atoms with van der Waals surface area (Å²) in [5.74, 6) is 0.628. The molecule has 2 nitrogen and oxygen atoms in total. The highest BCUT2D eigenvalue weighted by molar-refractivity contribution is 9.10. The summed E-state index contributed by atoms with van der Waals surface area (Å²) in [5, 5.41) is 0. The Kier molecular flexibility index (Phi) is 4.29. The molecule has 3 heteroatoms. The number of benzene rings is 2. The molecular formula is C17H17BrO2. The highest BCUT2D eigenvalue weighted by atomic mass is 79.9. The summed E-state index contributed by atoms with van der Waals surface area (Å²) >= 11 is 3.45. The SMILES string of the molecule is COc1cc(C)cc(C)c1C(=O)c1ccc(Br)c(C)c1. The van der Waals surface area contributed by atoms with Gasteiger partial charge in [0.15, 0.2) is 5.78 Å². The molecule has 0 atom stereocenters. The van der Waals surface area contributed by atoms with Crippen molar-refractivity contribution < 1.29 is 9.53 Å². The third kappa shape index (κ3) is 2.78. The fraction of sp³-hybridized carbons (Fsp3) is 0.235. The van der Waals surface area contributed by atoms with E-state index in [-0.39, 0.29) is 5.78 Å². The molecule has 0 aliphatic heterocycles. The van der Waals surface area contributed by atoms with Crippen molar-refractivity contribution in [1.29, 1.82) is 0 Å². The molecule has 0 fully saturated rings. The van der Waals surface area contributed by atoms with E-state index in [1.54, 1.807) is 7.11 Å². The van der Waals surface area contributed by atoms with Crippen molar-refractivity contribution in [2.75, 3.05) is 7.11 Å². The molecule has 0 radical (unpaired) electrons. The Morgan fingerprint density at radius 3 is 2.35 bits per heavy atom. The van der Waals surface area contributed by atoms with Crippen molar-refractivity contribution in [3.05, 3.63) is 62.6 Å². The summed E-state index contributed by atoms with van der Waals surface area (Å²) in [5.41, 5.74) is 4.38. The number of hydrogen-bond donors (Lipinski definition) is 0. The minimum atomic E-state index is -0.00468. The molecule has 20 heavy (non-hydrogen) atoms. The van der Waals surface area contributed by atoms with E-state index in [1.807, 2.05) is 51.1 Å². The zero-order valence-electron chi connectivity index (χ0n) is 12.1. The largest absolute Gasteiger partial charge is 0.496 e. The van der Waals surface area contributed by atoms with Crippen molar-refractivity contribution in [1.82, 2.24) is 0 Å². The Morgan fingerprint density at radius 1 is 1.05 bits per heavy atom. The summed E-state index contributed by atoms with van der Waals surface area (Å²) < 4.78 is 6.38. The van der Waals surface area contributed by atoms with Crippen LogP contribution in [0.25, 0.3) is 0 Å². The second-order valence-corrected chi connectivity index (χ2v) is 5.81. The van der Waals surface area contributed by atoms with E-state index in [0.29, 0.717) is 16.9 Å². The number of ketones is 1. The third-order valence-corrected chi connectivity index (χ3v) is 4.20. The van der Waals surface area contributed by atoms with Gasteiger partial charge in [0, 0.05) is 10.0 Å². The molecule has 0 aliphatic carbocycles. The molecule has 0 spiro atoms. The number of rotatable bonds is 3. The average molecular weight is 333 g/mol. The number of methoxy groups -OCH3 is 1. The number of halogens is 1. The Labute approximate surface area is 127 Å². The van der Waals surface area contributed by atoms with Crippen LogP contribution in [0.5, 0.6) is 5.75 Å². The van der Waals surface area contributed by atoms with Crippen LogP contribution in [0, 0.1) is 20.8 Å². The van der Waals surface area contributed by atoms with Crippen LogP contribution in [0.2, 0.25) is 0 Å². The van der Waals surface area contributed by atoms with Gasteiger partial charge in [-0.15, -0.1) is 0 Å². The fourth-order valence-electron chi connectivity index (χ4n) is 2.31. The second-order valence-electron chi connectivity index (χ2n) is 4.95. The highest BCUT2D eigenvalue weighted by Gasteiger charge is 2.18. The maximum atomic E-state index is 12.7. The number of ether oxygens (including phenoxy) is 1. The van der Waals surface area contributed by atoms with Gasteiger partial charge < -0.3 is 4.74 Å². The number of carbonyl (C=O) groups is 1. The predicted molar refractivity (Wildman–Crippen MR) is 84.8 cm³/mol. The lowest BCUT2D eigenvalue weighted by Crippen LogP contribution is -2.07. The van der Waals surface area contributed by atoms with Gasteiger partial charge in [-0.25, -0.2) is 0 Å². The van der Waals surface area contributed by atoms with Gasteiger partial charge in [0.2, 0.25) is 0 Å². The molecule has 0 saturated heterocycles. The van der Waals surface area contributed by atoms with Crippen LogP contribution in [-0.4, -0.2) is 12.9 Å². The molecule has 2 rings (SSSR count). The monoisotopic (exact) mass is 332 g/mol. The highest BCUT2D eigenvalue weighted by Crippen LogP contribution is 2.28. The minimum absolute atomic E-state index is 0.00468. The Bertz CT molecular complexity index is 675. The van der Waals surface area contributed by atoms with Gasteiger partial charge in [-0.1, -0.05) is 22.0 Å². The molecular weight excluding hydrogens is 316 g/mol. The van der Waals surface area contributed by atoms with Gasteiger partial charge in [-0.3, -0.25) is 4.79 Å². The molecule has 0 heterocycles. The van der Waals surface area contributed by atoms with E-state index in [1.165, 1.54) is 0 Å². The topological polar surface area (TPSA) is 26.3 Å². The quantitative estimate of drug-likeness (QED) is 0.767. The summed E-state index contributed by atoms with van der Waals surface area (Å²) in [4.78, 5) is 12.7. The van der Waals surface area contributed by atoms with E-state index < -0.39 is 0 Å². The zero-order chi connectivity index (χ0) is 14.9. The lowest BCUT2D eigenvalue weighted by molar-refractivity contribution is 0.103. The standard InChI is InChI=1S/C17H17BrO2/c1-10-7-12(3)16(15(8-10)20-4)17(19)13-5-6-14(18)11(2)9-13/h5-9H,1-4H3. The Hall–Kier alpha value is -1.61. The van der Waals surface area contributed by atoms with E-state index >= 15 is 0 Å². The van der Waals surface area contributed by atoms with Crippen LogP contribution in [0.4, 0.5) is 0 Å². The van der Waals surface area contributed by atoms with Crippen molar-refractivity contribution in [3.8, 4) is 5.75 Å². The van der Waals surface area contributed by atoms with E-state index in [4.69, 9.17) is 4.74 Å². The molecule has 0 N–H and O–H groups in total. The smallest absolute Gasteiger partial charge is 0.197 e. The van der Waals surface area contributed by atoms with Crippen molar-refractivity contribution in [2.45, 2.75) is 20.8 Å². The number of carbonyl (C=O) groups excluding carboxylic acids is 1. The summed E-state index contributed by atoms with van der Waals surface area (Å²) in [6, 6.07) is 9.52. The normalized spacial score (nSPS) is 10.4. The van der Waals surface area contributed by atoms with Crippen LogP contribution >= 0.6 is 15.9 Å².